The second-order valence-corrected chi connectivity index (χ2v) is 8.86. The van der Waals surface area contributed by atoms with Gasteiger partial charge in [0.05, 0.1) is 28.3 Å². The minimum absolute atomic E-state index is 0.0843. The van der Waals surface area contributed by atoms with Crippen molar-refractivity contribution < 1.29 is 17.9 Å². The zero-order valence-electron chi connectivity index (χ0n) is 12.7. The number of benzene rings is 1. The summed E-state index contributed by atoms with van der Waals surface area (Å²) in [6.45, 7) is 2.52. The number of carbonyl (C=O) groups excluding carboxylic acids is 1. The number of aromatic nitrogens is 1. The summed E-state index contributed by atoms with van der Waals surface area (Å²) in [7, 11) is -2.95. The Morgan fingerprint density at radius 3 is 3.00 bits per heavy atom. The maximum absolute atomic E-state index is 12.1. The van der Waals surface area contributed by atoms with Gasteiger partial charge in [0.2, 0.25) is 5.91 Å². The highest BCUT2D eigenvalue weighted by Gasteiger charge is 2.29. The molecule has 0 radical (unpaired) electrons. The van der Waals surface area contributed by atoms with Crippen LogP contribution in [0.4, 0.5) is 5.13 Å². The Labute approximate surface area is 138 Å². The van der Waals surface area contributed by atoms with E-state index in [4.69, 9.17) is 4.74 Å². The van der Waals surface area contributed by atoms with Crippen molar-refractivity contribution in [3.8, 4) is 5.75 Å². The normalized spacial score (nSPS) is 19.8. The summed E-state index contributed by atoms with van der Waals surface area (Å²) in [4.78, 5) is 16.4. The van der Waals surface area contributed by atoms with E-state index in [0.717, 1.165) is 16.0 Å². The highest BCUT2D eigenvalue weighted by molar-refractivity contribution is 7.91. The van der Waals surface area contributed by atoms with Crippen LogP contribution in [0.2, 0.25) is 0 Å². The molecule has 1 aliphatic rings. The third-order valence-corrected chi connectivity index (χ3v) is 6.49. The summed E-state index contributed by atoms with van der Waals surface area (Å²) in [6.07, 6.45) is 0.784. The van der Waals surface area contributed by atoms with Crippen molar-refractivity contribution in [2.24, 2.45) is 5.92 Å². The lowest BCUT2D eigenvalue weighted by molar-refractivity contribution is -0.116. The van der Waals surface area contributed by atoms with Gasteiger partial charge in [-0.25, -0.2) is 13.4 Å². The Morgan fingerprint density at radius 1 is 1.48 bits per heavy atom. The minimum Gasteiger partial charge on any atom is -0.494 e. The van der Waals surface area contributed by atoms with Gasteiger partial charge in [0.15, 0.2) is 15.0 Å². The number of nitrogens with zero attached hydrogens (tertiary/aromatic N) is 1. The van der Waals surface area contributed by atoms with Crippen LogP contribution in [0.3, 0.4) is 0 Å². The first-order valence-corrected chi connectivity index (χ1v) is 10.1. The molecule has 3 rings (SSSR count). The Balaban J connectivity index is 1.65. The third-order valence-electron chi connectivity index (χ3n) is 3.72. The molecule has 1 atom stereocenters. The molecule has 8 heteroatoms. The standard InChI is InChI=1S/C15H18N2O4S2/c1-2-21-11-3-4-12-13(8-11)22-15(16-12)17-14(18)7-10-5-6-23(19,20)9-10/h3-4,8,10H,2,5-7,9H2,1H3,(H,16,17,18)/t10-/m0/s1. The van der Waals surface area contributed by atoms with E-state index in [1.54, 1.807) is 0 Å². The van der Waals surface area contributed by atoms with Crippen LogP contribution in [0.15, 0.2) is 18.2 Å². The predicted molar refractivity (Wildman–Crippen MR) is 90.8 cm³/mol. The number of anilines is 1. The topological polar surface area (TPSA) is 85.4 Å². The van der Waals surface area contributed by atoms with Crippen molar-refractivity contribution in [2.45, 2.75) is 19.8 Å². The van der Waals surface area contributed by atoms with E-state index >= 15 is 0 Å². The lowest BCUT2D eigenvalue weighted by atomic mass is 10.1. The van der Waals surface area contributed by atoms with E-state index in [0.29, 0.717) is 18.2 Å². The van der Waals surface area contributed by atoms with Gasteiger partial charge in [-0.1, -0.05) is 11.3 Å². The monoisotopic (exact) mass is 354 g/mol. The average molecular weight is 354 g/mol. The van der Waals surface area contributed by atoms with Gasteiger partial charge in [-0.3, -0.25) is 4.79 Å². The summed E-state index contributed by atoms with van der Waals surface area (Å²) in [5.74, 6) is 0.803. The lowest BCUT2D eigenvalue weighted by Crippen LogP contribution is -2.17. The van der Waals surface area contributed by atoms with Crippen LogP contribution < -0.4 is 10.1 Å². The van der Waals surface area contributed by atoms with Gasteiger partial charge < -0.3 is 10.1 Å². The minimum atomic E-state index is -2.95. The van der Waals surface area contributed by atoms with Crippen LogP contribution in [0.5, 0.6) is 5.75 Å². The van der Waals surface area contributed by atoms with Gasteiger partial charge in [0.25, 0.3) is 0 Å². The molecule has 124 valence electrons. The molecular formula is C15H18N2O4S2. The maximum Gasteiger partial charge on any atom is 0.226 e. The molecule has 1 N–H and O–H groups in total. The Bertz CT molecular complexity index is 829. The van der Waals surface area contributed by atoms with Gasteiger partial charge in [-0.15, -0.1) is 0 Å². The molecule has 1 amide bonds. The fraction of sp³-hybridized carbons (Fsp3) is 0.467. The Kier molecular flexibility index (Phi) is 4.54. The highest BCUT2D eigenvalue weighted by atomic mass is 32.2. The van der Waals surface area contributed by atoms with Crippen LogP contribution in [-0.4, -0.2) is 37.4 Å². The molecule has 0 saturated carbocycles. The molecule has 0 unspecified atom stereocenters. The van der Waals surface area contributed by atoms with Crippen molar-refractivity contribution in [1.29, 1.82) is 0 Å². The first-order valence-electron chi connectivity index (χ1n) is 7.49. The zero-order chi connectivity index (χ0) is 16.4. The van der Waals surface area contributed by atoms with Crippen LogP contribution in [0, 0.1) is 5.92 Å². The molecule has 1 aromatic heterocycles. The molecule has 0 aliphatic carbocycles. The molecule has 6 nitrogen and oxygen atoms in total. The molecule has 1 fully saturated rings. The molecule has 0 spiro atoms. The van der Waals surface area contributed by atoms with Gasteiger partial charge in [0, 0.05) is 6.42 Å². The molecular weight excluding hydrogens is 336 g/mol. The van der Waals surface area contributed by atoms with Gasteiger partial charge in [-0.2, -0.15) is 0 Å². The van der Waals surface area contributed by atoms with E-state index in [1.807, 2.05) is 25.1 Å². The van der Waals surface area contributed by atoms with E-state index in [2.05, 4.69) is 10.3 Å². The van der Waals surface area contributed by atoms with Gasteiger partial charge >= 0.3 is 0 Å². The van der Waals surface area contributed by atoms with Crippen molar-refractivity contribution in [1.82, 2.24) is 4.98 Å². The molecule has 1 aliphatic heterocycles. The number of fused-ring (bicyclic) bond motifs is 1. The van der Waals surface area contributed by atoms with E-state index in [1.165, 1.54) is 11.3 Å². The zero-order valence-corrected chi connectivity index (χ0v) is 14.4. The average Bonchev–Trinajstić information content (AvgIpc) is 3.01. The van der Waals surface area contributed by atoms with Gasteiger partial charge in [-0.05, 0) is 37.5 Å². The number of ether oxygens (including phenoxy) is 1. The highest BCUT2D eigenvalue weighted by Crippen LogP contribution is 2.30. The Morgan fingerprint density at radius 2 is 2.30 bits per heavy atom. The van der Waals surface area contributed by atoms with Crippen LogP contribution in [0.25, 0.3) is 10.2 Å². The van der Waals surface area contributed by atoms with E-state index in [9.17, 15) is 13.2 Å². The fourth-order valence-corrected chi connectivity index (χ4v) is 5.45. The van der Waals surface area contributed by atoms with Crippen LogP contribution >= 0.6 is 11.3 Å². The third kappa shape index (κ3) is 4.00. The Hall–Kier alpha value is -1.67. The number of rotatable bonds is 5. The molecule has 2 aromatic rings. The predicted octanol–water partition coefficient (Wildman–Crippen LogP) is 2.46. The summed E-state index contributed by atoms with van der Waals surface area (Å²) in [5, 5.41) is 3.30. The number of sulfone groups is 1. The molecule has 0 bridgehead atoms. The molecule has 1 aromatic carbocycles. The summed E-state index contributed by atoms with van der Waals surface area (Å²) in [5.41, 5.74) is 0.803. The number of hydrogen-bond acceptors (Lipinski definition) is 6. The number of carbonyl (C=O) groups is 1. The van der Waals surface area contributed by atoms with E-state index in [-0.39, 0.29) is 29.8 Å². The molecule has 23 heavy (non-hydrogen) atoms. The maximum atomic E-state index is 12.1. The van der Waals surface area contributed by atoms with Crippen molar-refractivity contribution >= 4 is 42.4 Å². The second-order valence-electron chi connectivity index (χ2n) is 5.60. The molecule has 2 heterocycles. The number of amides is 1. The van der Waals surface area contributed by atoms with Crippen molar-refractivity contribution in [2.75, 3.05) is 23.4 Å². The first-order chi connectivity index (χ1) is 10.9. The lowest BCUT2D eigenvalue weighted by Gasteiger charge is -2.06. The van der Waals surface area contributed by atoms with Gasteiger partial charge in [0.1, 0.15) is 5.75 Å². The van der Waals surface area contributed by atoms with E-state index < -0.39 is 9.84 Å². The first kappa shape index (κ1) is 16.2. The smallest absolute Gasteiger partial charge is 0.226 e. The number of thiazole rings is 1. The SMILES string of the molecule is CCOc1ccc2nc(NC(=O)C[C@@H]3CCS(=O)(=O)C3)sc2c1. The largest absolute Gasteiger partial charge is 0.494 e. The second kappa shape index (κ2) is 6.45. The number of nitrogens with one attached hydrogen (secondary N) is 1. The van der Waals surface area contributed by atoms with Crippen molar-refractivity contribution in [3.63, 3.8) is 0 Å². The summed E-state index contributed by atoms with van der Waals surface area (Å²) in [6, 6.07) is 5.60. The summed E-state index contributed by atoms with van der Waals surface area (Å²) >= 11 is 1.38. The fourth-order valence-electron chi connectivity index (χ4n) is 2.68. The quantitative estimate of drug-likeness (QED) is 0.891. The van der Waals surface area contributed by atoms with Crippen molar-refractivity contribution in [3.05, 3.63) is 18.2 Å². The molecule has 1 saturated heterocycles. The summed E-state index contributed by atoms with van der Waals surface area (Å²) < 4.78 is 29.2. The van der Waals surface area contributed by atoms with Crippen LogP contribution in [-0.2, 0) is 14.6 Å². The number of hydrogen-bond donors (Lipinski definition) is 1. The van der Waals surface area contributed by atoms with Crippen LogP contribution in [0.1, 0.15) is 19.8 Å².